The third-order valence-electron chi connectivity index (χ3n) is 3.96. The van der Waals surface area contributed by atoms with Gasteiger partial charge in [0, 0.05) is 31.5 Å². The van der Waals surface area contributed by atoms with Gasteiger partial charge in [-0.2, -0.15) is 5.10 Å². The molecule has 6 nitrogen and oxygen atoms in total. The molecule has 0 bridgehead atoms. The molecule has 2 aliphatic rings. The van der Waals surface area contributed by atoms with Crippen molar-refractivity contribution in [1.29, 1.82) is 0 Å². The zero-order chi connectivity index (χ0) is 12.1. The zero-order valence-electron chi connectivity index (χ0n) is 9.71. The van der Waals surface area contributed by atoms with Gasteiger partial charge in [0.15, 0.2) is 0 Å². The fourth-order valence-electron chi connectivity index (χ4n) is 2.87. The molecular weight excluding hydrogens is 230 g/mol. The zero-order valence-corrected chi connectivity index (χ0v) is 9.71. The Bertz CT molecular complexity index is 612. The summed E-state index contributed by atoms with van der Waals surface area (Å²) >= 11 is 0. The van der Waals surface area contributed by atoms with Crippen molar-refractivity contribution >= 4 is 11.4 Å². The number of amides is 1. The summed E-state index contributed by atoms with van der Waals surface area (Å²) in [5, 5.41) is 10.5. The minimum Gasteiger partial charge on any atom is -0.349 e. The third kappa shape index (κ3) is 1.35. The number of fused-ring (bicyclic) bond motifs is 2. The lowest BCUT2D eigenvalue weighted by atomic mass is 10.2. The molecule has 1 saturated carbocycles. The third-order valence-corrected chi connectivity index (χ3v) is 3.96. The van der Waals surface area contributed by atoms with Crippen LogP contribution < -0.4 is 10.6 Å². The highest BCUT2D eigenvalue weighted by Crippen LogP contribution is 2.41. The van der Waals surface area contributed by atoms with Crippen molar-refractivity contribution in [2.45, 2.75) is 6.04 Å². The van der Waals surface area contributed by atoms with E-state index in [1.54, 1.807) is 29.3 Å². The van der Waals surface area contributed by atoms with Crippen molar-refractivity contribution in [2.24, 2.45) is 11.8 Å². The maximum absolute atomic E-state index is 12.2. The molecule has 2 atom stereocenters. The molecule has 1 amide bonds. The molecule has 2 aromatic heterocycles. The summed E-state index contributed by atoms with van der Waals surface area (Å²) in [5.41, 5.74) is 1.35. The molecule has 2 fully saturated rings. The second kappa shape index (κ2) is 3.52. The number of aromatic nitrogens is 3. The Kier molecular flexibility index (Phi) is 1.96. The van der Waals surface area contributed by atoms with Gasteiger partial charge in [-0.25, -0.2) is 4.52 Å². The highest BCUT2D eigenvalue weighted by Gasteiger charge is 2.53. The molecule has 92 valence electrons. The largest absolute Gasteiger partial charge is 0.349 e. The summed E-state index contributed by atoms with van der Waals surface area (Å²) in [6.07, 6.45) is 6.65. The molecule has 2 aromatic rings. The Morgan fingerprint density at radius 1 is 1.39 bits per heavy atom. The van der Waals surface area contributed by atoms with E-state index in [4.69, 9.17) is 0 Å². The smallest absolute Gasteiger partial charge is 0.255 e. The molecule has 6 heteroatoms. The fraction of sp³-hybridized carbons (Fsp3) is 0.417. The summed E-state index contributed by atoms with van der Waals surface area (Å²) in [6, 6.07) is 0.338. The van der Waals surface area contributed by atoms with Crippen molar-refractivity contribution in [1.82, 2.24) is 25.2 Å². The molecule has 1 aliphatic carbocycles. The van der Waals surface area contributed by atoms with E-state index in [-0.39, 0.29) is 5.91 Å². The summed E-state index contributed by atoms with van der Waals surface area (Å²) in [6.45, 7) is 2.04. The Hall–Kier alpha value is -1.95. The van der Waals surface area contributed by atoms with Gasteiger partial charge in [-0.1, -0.05) is 0 Å². The van der Waals surface area contributed by atoms with Gasteiger partial charge < -0.3 is 10.6 Å². The average Bonchev–Trinajstić information content (AvgIpc) is 2.84. The fourth-order valence-corrected chi connectivity index (χ4v) is 2.87. The Labute approximate surface area is 103 Å². The monoisotopic (exact) mass is 243 g/mol. The standard InChI is InChI=1S/C12H13N5O/c18-12(16-11-7-3-14-4-8(7)11)9-5-15-17-2-1-13-6-10(9)17/h1-2,5-8,11,14H,3-4H2,(H,16,18). The number of piperidine rings is 1. The van der Waals surface area contributed by atoms with Crippen molar-refractivity contribution in [3.8, 4) is 0 Å². The van der Waals surface area contributed by atoms with Crippen LogP contribution in [0.5, 0.6) is 0 Å². The molecular formula is C12H13N5O. The predicted octanol–water partition coefficient (Wildman–Crippen LogP) is -0.323. The van der Waals surface area contributed by atoms with Crippen LogP contribution in [0.4, 0.5) is 0 Å². The van der Waals surface area contributed by atoms with Crippen LogP contribution in [-0.4, -0.2) is 39.6 Å². The van der Waals surface area contributed by atoms with Crippen molar-refractivity contribution in [2.75, 3.05) is 13.1 Å². The average molecular weight is 243 g/mol. The van der Waals surface area contributed by atoms with E-state index in [9.17, 15) is 4.79 Å². The van der Waals surface area contributed by atoms with Crippen LogP contribution in [0.2, 0.25) is 0 Å². The van der Waals surface area contributed by atoms with Crippen molar-refractivity contribution in [3.63, 3.8) is 0 Å². The van der Waals surface area contributed by atoms with E-state index in [1.165, 1.54) is 0 Å². The van der Waals surface area contributed by atoms with Gasteiger partial charge in [-0.05, 0) is 11.8 Å². The number of rotatable bonds is 2. The normalized spacial score (nSPS) is 29.2. The lowest BCUT2D eigenvalue weighted by Gasteiger charge is -2.06. The second-order valence-corrected chi connectivity index (χ2v) is 4.95. The van der Waals surface area contributed by atoms with Crippen LogP contribution >= 0.6 is 0 Å². The van der Waals surface area contributed by atoms with E-state index in [1.807, 2.05) is 0 Å². The van der Waals surface area contributed by atoms with E-state index in [0.29, 0.717) is 23.4 Å². The Morgan fingerprint density at radius 3 is 3.06 bits per heavy atom. The number of carbonyl (C=O) groups excluding carboxylic acids is 1. The maximum Gasteiger partial charge on any atom is 0.255 e. The van der Waals surface area contributed by atoms with Gasteiger partial charge >= 0.3 is 0 Å². The minimum atomic E-state index is -0.0441. The highest BCUT2D eigenvalue weighted by atomic mass is 16.1. The van der Waals surface area contributed by atoms with Gasteiger partial charge in [0.05, 0.1) is 23.5 Å². The Balaban J connectivity index is 1.57. The number of carbonyl (C=O) groups is 1. The number of nitrogens with zero attached hydrogens (tertiary/aromatic N) is 3. The molecule has 18 heavy (non-hydrogen) atoms. The molecule has 0 spiro atoms. The van der Waals surface area contributed by atoms with Gasteiger partial charge in [-0.15, -0.1) is 0 Å². The molecule has 0 aromatic carbocycles. The molecule has 0 radical (unpaired) electrons. The quantitative estimate of drug-likeness (QED) is 0.758. The van der Waals surface area contributed by atoms with Crippen LogP contribution in [0.25, 0.3) is 5.52 Å². The molecule has 1 saturated heterocycles. The maximum atomic E-state index is 12.2. The molecule has 3 heterocycles. The Morgan fingerprint density at radius 2 is 2.22 bits per heavy atom. The first kappa shape index (κ1) is 10.0. The molecule has 2 unspecified atom stereocenters. The topological polar surface area (TPSA) is 71.3 Å². The molecule has 1 aliphatic heterocycles. The van der Waals surface area contributed by atoms with E-state index < -0.39 is 0 Å². The first-order valence-electron chi connectivity index (χ1n) is 6.13. The molecule has 4 rings (SSSR count). The van der Waals surface area contributed by atoms with Gasteiger partial charge in [0.25, 0.3) is 5.91 Å². The van der Waals surface area contributed by atoms with Crippen molar-refractivity contribution < 1.29 is 4.79 Å². The number of hydrogen-bond donors (Lipinski definition) is 2. The van der Waals surface area contributed by atoms with Crippen LogP contribution in [0.3, 0.4) is 0 Å². The SMILES string of the molecule is O=C(NC1C2CNCC21)c1cnn2ccncc12. The van der Waals surface area contributed by atoms with Crippen LogP contribution in [0.15, 0.2) is 24.8 Å². The van der Waals surface area contributed by atoms with Crippen LogP contribution in [-0.2, 0) is 0 Å². The number of nitrogens with one attached hydrogen (secondary N) is 2. The first-order chi connectivity index (χ1) is 8.84. The lowest BCUT2D eigenvalue weighted by Crippen LogP contribution is -2.32. The first-order valence-corrected chi connectivity index (χ1v) is 6.13. The summed E-state index contributed by atoms with van der Waals surface area (Å²) in [4.78, 5) is 16.2. The summed E-state index contributed by atoms with van der Waals surface area (Å²) in [7, 11) is 0. The highest BCUT2D eigenvalue weighted by molar-refractivity contribution is 6.00. The van der Waals surface area contributed by atoms with E-state index in [2.05, 4.69) is 20.7 Å². The van der Waals surface area contributed by atoms with E-state index in [0.717, 1.165) is 18.6 Å². The second-order valence-electron chi connectivity index (χ2n) is 4.95. The molecule has 2 N–H and O–H groups in total. The lowest BCUT2D eigenvalue weighted by molar-refractivity contribution is 0.0948. The van der Waals surface area contributed by atoms with Crippen LogP contribution in [0.1, 0.15) is 10.4 Å². The van der Waals surface area contributed by atoms with Gasteiger partial charge in [0.2, 0.25) is 0 Å². The minimum absolute atomic E-state index is 0.0441. The summed E-state index contributed by atoms with van der Waals surface area (Å²) in [5.74, 6) is 1.19. The number of hydrogen-bond acceptors (Lipinski definition) is 4. The van der Waals surface area contributed by atoms with Crippen molar-refractivity contribution in [3.05, 3.63) is 30.4 Å². The van der Waals surface area contributed by atoms with Gasteiger partial charge in [0.1, 0.15) is 0 Å². The van der Waals surface area contributed by atoms with Gasteiger partial charge in [-0.3, -0.25) is 9.78 Å². The van der Waals surface area contributed by atoms with Crippen LogP contribution in [0, 0.1) is 11.8 Å². The predicted molar refractivity (Wildman–Crippen MR) is 64.1 cm³/mol. The van der Waals surface area contributed by atoms with E-state index >= 15 is 0 Å². The summed E-state index contributed by atoms with van der Waals surface area (Å²) < 4.78 is 1.66.